The highest BCUT2D eigenvalue weighted by molar-refractivity contribution is 7.89. The van der Waals surface area contributed by atoms with Crippen molar-refractivity contribution in [1.29, 1.82) is 0 Å². The van der Waals surface area contributed by atoms with E-state index in [0.29, 0.717) is 26.1 Å². The zero-order valence-corrected chi connectivity index (χ0v) is 19.7. The fourth-order valence-corrected chi connectivity index (χ4v) is 5.31. The quantitative estimate of drug-likeness (QED) is 0.723. The molecule has 2 aromatic carbocycles. The third kappa shape index (κ3) is 5.95. The van der Waals surface area contributed by atoms with Crippen LogP contribution < -0.4 is 5.32 Å². The molecular weight excluding hydrogens is 426 g/mol. The largest absolute Gasteiger partial charge is 0.349 e. The minimum atomic E-state index is -3.60. The lowest BCUT2D eigenvalue weighted by molar-refractivity contribution is -0.131. The molecule has 1 unspecified atom stereocenters. The second-order valence-corrected chi connectivity index (χ2v) is 10.3. The Morgan fingerprint density at radius 2 is 1.50 bits per heavy atom. The lowest BCUT2D eigenvalue weighted by atomic mass is 10.0. The Morgan fingerprint density at radius 3 is 2.09 bits per heavy atom. The number of hydrogen-bond acceptors (Lipinski definition) is 4. The average molecular weight is 458 g/mol. The third-order valence-electron chi connectivity index (χ3n) is 5.70. The first-order valence-corrected chi connectivity index (χ1v) is 12.3. The molecule has 1 N–H and O–H groups in total. The Labute approximate surface area is 190 Å². The standard InChI is InChI=1S/C24H31N3O4S/c1-18-5-9-21(10-6-18)23(25-20(3)28)17-24(29)26-13-4-14-27(16-15-26)32(30,31)22-11-7-19(2)8-12-22/h5-12,23H,4,13-17H2,1-3H3,(H,25,28). The van der Waals surface area contributed by atoms with Gasteiger partial charge in [0.25, 0.3) is 0 Å². The number of benzene rings is 2. The van der Waals surface area contributed by atoms with Crippen LogP contribution in [0.4, 0.5) is 0 Å². The van der Waals surface area contributed by atoms with Crippen molar-refractivity contribution in [2.24, 2.45) is 0 Å². The summed E-state index contributed by atoms with van der Waals surface area (Å²) >= 11 is 0. The van der Waals surface area contributed by atoms with Crippen LogP contribution in [0.2, 0.25) is 0 Å². The van der Waals surface area contributed by atoms with Crippen LogP contribution in [0, 0.1) is 13.8 Å². The smallest absolute Gasteiger partial charge is 0.243 e. The van der Waals surface area contributed by atoms with Gasteiger partial charge in [0.15, 0.2) is 0 Å². The van der Waals surface area contributed by atoms with Crippen molar-refractivity contribution in [2.75, 3.05) is 26.2 Å². The molecule has 0 saturated carbocycles. The van der Waals surface area contributed by atoms with Crippen LogP contribution in [0.5, 0.6) is 0 Å². The molecule has 1 saturated heterocycles. The number of aryl methyl sites for hydroxylation is 2. The van der Waals surface area contributed by atoms with Crippen molar-refractivity contribution in [3.8, 4) is 0 Å². The van der Waals surface area contributed by atoms with Crippen LogP contribution in [0.1, 0.15) is 42.5 Å². The molecule has 1 aliphatic rings. The van der Waals surface area contributed by atoms with E-state index >= 15 is 0 Å². The van der Waals surface area contributed by atoms with E-state index in [4.69, 9.17) is 0 Å². The van der Waals surface area contributed by atoms with Gasteiger partial charge in [-0.1, -0.05) is 47.5 Å². The number of sulfonamides is 1. The Hall–Kier alpha value is -2.71. The van der Waals surface area contributed by atoms with Gasteiger partial charge in [-0.3, -0.25) is 9.59 Å². The number of nitrogens with zero attached hydrogens (tertiary/aromatic N) is 2. The van der Waals surface area contributed by atoms with Crippen LogP contribution in [0.25, 0.3) is 0 Å². The molecule has 0 aliphatic carbocycles. The van der Waals surface area contributed by atoms with Crippen LogP contribution >= 0.6 is 0 Å². The van der Waals surface area contributed by atoms with E-state index in [1.54, 1.807) is 29.2 Å². The van der Waals surface area contributed by atoms with Gasteiger partial charge in [0, 0.05) is 33.1 Å². The molecule has 172 valence electrons. The lowest BCUT2D eigenvalue weighted by Crippen LogP contribution is -2.39. The summed E-state index contributed by atoms with van der Waals surface area (Å²) in [6.45, 7) is 6.76. The summed E-state index contributed by atoms with van der Waals surface area (Å²) < 4.78 is 27.5. The van der Waals surface area contributed by atoms with E-state index in [0.717, 1.165) is 16.7 Å². The molecule has 32 heavy (non-hydrogen) atoms. The van der Waals surface area contributed by atoms with Crippen LogP contribution in [-0.4, -0.2) is 55.6 Å². The Balaban J connectivity index is 1.68. The second-order valence-electron chi connectivity index (χ2n) is 8.32. The Bertz CT molecular complexity index is 1050. The van der Waals surface area contributed by atoms with Crippen LogP contribution in [0.3, 0.4) is 0 Å². The SMILES string of the molecule is CC(=O)NC(CC(=O)N1CCCN(S(=O)(=O)c2ccc(C)cc2)CC1)c1ccc(C)cc1. The van der Waals surface area contributed by atoms with Crippen molar-refractivity contribution in [1.82, 2.24) is 14.5 Å². The second kappa shape index (κ2) is 10.3. The monoisotopic (exact) mass is 457 g/mol. The summed E-state index contributed by atoms with van der Waals surface area (Å²) in [6.07, 6.45) is 0.694. The third-order valence-corrected chi connectivity index (χ3v) is 7.62. The normalized spacial score (nSPS) is 16.3. The average Bonchev–Trinajstić information content (AvgIpc) is 3.01. The van der Waals surface area contributed by atoms with Crippen molar-refractivity contribution >= 4 is 21.8 Å². The van der Waals surface area contributed by atoms with Crippen molar-refractivity contribution in [3.05, 3.63) is 65.2 Å². The highest BCUT2D eigenvalue weighted by atomic mass is 32.2. The number of carbonyl (C=O) groups excluding carboxylic acids is 2. The predicted octanol–water partition coefficient (Wildman–Crippen LogP) is 2.79. The van der Waals surface area contributed by atoms with E-state index < -0.39 is 16.1 Å². The molecule has 1 heterocycles. The van der Waals surface area contributed by atoms with Gasteiger partial charge in [0.2, 0.25) is 21.8 Å². The van der Waals surface area contributed by atoms with Gasteiger partial charge in [-0.05, 0) is 38.0 Å². The molecule has 8 heteroatoms. The molecule has 7 nitrogen and oxygen atoms in total. The van der Waals surface area contributed by atoms with Gasteiger partial charge in [-0.15, -0.1) is 0 Å². The maximum absolute atomic E-state index is 13.1. The Kier molecular flexibility index (Phi) is 7.69. The maximum atomic E-state index is 13.1. The molecule has 2 amide bonds. The molecular formula is C24H31N3O4S. The predicted molar refractivity (Wildman–Crippen MR) is 123 cm³/mol. The summed E-state index contributed by atoms with van der Waals surface area (Å²) in [5.74, 6) is -0.298. The summed E-state index contributed by atoms with van der Waals surface area (Å²) in [7, 11) is -3.60. The summed E-state index contributed by atoms with van der Waals surface area (Å²) in [4.78, 5) is 26.7. The molecule has 1 atom stereocenters. The molecule has 2 aromatic rings. The minimum Gasteiger partial charge on any atom is -0.349 e. The topological polar surface area (TPSA) is 86.8 Å². The number of rotatable bonds is 6. The number of nitrogens with one attached hydrogen (secondary N) is 1. The zero-order chi connectivity index (χ0) is 23.3. The molecule has 0 spiro atoms. The number of amides is 2. The highest BCUT2D eigenvalue weighted by Gasteiger charge is 2.29. The van der Waals surface area contributed by atoms with E-state index in [1.165, 1.54) is 11.2 Å². The first-order valence-electron chi connectivity index (χ1n) is 10.8. The fraction of sp³-hybridized carbons (Fsp3) is 0.417. The van der Waals surface area contributed by atoms with Gasteiger partial charge in [-0.2, -0.15) is 4.31 Å². The molecule has 0 bridgehead atoms. The molecule has 0 radical (unpaired) electrons. The fourth-order valence-electron chi connectivity index (χ4n) is 3.84. The molecule has 1 fully saturated rings. The maximum Gasteiger partial charge on any atom is 0.243 e. The summed E-state index contributed by atoms with van der Waals surface area (Å²) in [5, 5.41) is 2.87. The van der Waals surface area contributed by atoms with Gasteiger partial charge >= 0.3 is 0 Å². The zero-order valence-electron chi connectivity index (χ0n) is 18.9. The number of hydrogen-bond donors (Lipinski definition) is 1. The number of carbonyl (C=O) groups is 2. The minimum absolute atomic E-state index is 0.0982. The molecule has 3 rings (SSSR count). The van der Waals surface area contributed by atoms with Gasteiger partial charge < -0.3 is 10.2 Å². The van der Waals surface area contributed by atoms with E-state index in [2.05, 4.69) is 5.32 Å². The van der Waals surface area contributed by atoms with E-state index in [9.17, 15) is 18.0 Å². The highest BCUT2D eigenvalue weighted by Crippen LogP contribution is 2.21. The Morgan fingerprint density at radius 1 is 0.906 bits per heavy atom. The van der Waals surface area contributed by atoms with Crippen LogP contribution in [-0.2, 0) is 19.6 Å². The molecule has 0 aromatic heterocycles. The van der Waals surface area contributed by atoms with Crippen molar-refractivity contribution < 1.29 is 18.0 Å². The lowest BCUT2D eigenvalue weighted by Gasteiger charge is -2.25. The molecule has 1 aliphatic heterocycles. The van der Waals surface area contributed by atoms with Gasteiger partial charge in [-0.25, -0.2) is 8.42 Å². The van der Waals surface area contributed by atoms with Crippen LogP contribution in [0.15, 0.2) is 53.4 Å². The van der Waals surface area contributed by atoms with E-state index in [-0.39, 0.29) is 29.7 Å². The van der Waals surface area contributed by atoms with Gasteiger partial charge in [0.05, 0.1) is 17.4 Å². The van der Waals surface area contributed by atoms with E-state index in [1.807, 2.05) is 38.1 Å². The summed E-state index contributed by atoms with van der Waals surface area (Å²) in [6, 6.07) is 14.1. The van der Waals surface area contributed by atoms with Crippen molar-refractivity contribution in [3.63, 3.8) is 0 Å². The van der Waals surface area contributed by atoms with Crippen molar-refractivity contribution in [2.45, 2.75) is 44.6 Å². The summed E-state index contributed by atoms with van der Waals surface area (Å²) in [5.41, 5.74) is 2.97. The first kappa shape index (κ1) is 23.9. The first-order chi connectivity index (χ1) is 15.2. The van der Waals surface area contributed by atoms with Gasteiger partial charge in [0.1, 0.15) is 0 Å².